The zero-order valence-electron chi connectivity index (χ0n) is 24.5. The molecular formula is C30H31FN6O6S. The van der Waals surface area contributed by atoms with E-state index in [1.807, 2.05) is 11.8 Å². The van der Waals surface area contributed by atoms with E-state index in [0.717, 1.165) is 34.6 Å². The number of hydrogen-bond acceptors (Lipinski definition) is 9. The number of benzene rings is 3. The van der Waals surface area contributed by atoms with E-state index in [-0.39, 0.29) is 33.8 Å². The van der Waals surface area contributed by atoms with E-state index in [1.54, 1.807) is 39.3 Å². The molecule has 2 unspecified atom stereocenters. The van der Waals surface area contributed by atoms with E-state index in [4.69, 9.17) is 9.72 Å². The third-order valence-corrected chi connectivity index (χ3v) is 9.26. The fourth-order valence-corrected chi connectivity index (χ4v) is 6.80. The molecule has 5 rings (SSSR count). The Labute approximate surface area is 253 Å². The minimum atomic E-state index is -4.44. The third kappa shape index (κ3) is 6.03. The van der Waals surface area contributed by atoms with Crippen LogP contribution in [0.1, 0.15) is 35.8 Å². The van der Waals surface area contributed by atoms with Crippen LogP contribution >= 0.6 is 0 Å². The van der Waals surface area contributed by atoms with Crippen LogP contribution in [0.2, 0.25) is 0 Å². The molecule has 2 heterocycles. The lowest BCUT2D eigenvalue weighted by atomic mass is 10.0. The minimum absolute atomic E-state index is 0.0134. The van der Waals surface area contributed by atoms with Crippen molar-refractivity contribution >= 4 is 44.2 Å². The molecule has 0 N–H and O–H groups in total. The number of halogens is 1. The lowest BCUT2D eigenvalue weighted by Crippen LogP contribution is -2.41. The summed E-state index contributed by atoms with van der Waals surface area (Å²) in [6.07, 6.45) is 1.58. The lowest BCUT2D eigenvalue weighted by Gasteiger charge is -2.33. The standard InChI is InChI=1S/C30H31FN6O6S/c1-19-18-35(12-13-43-19)28-17-32-27-15-21(30(38)34(3)4)14-26(29(27)33-28)20(2)36(24-7-5-6-22(31)16-24)44(41,42)25-10-8-23(9-11-25)37(39)40/h5-11,14-17,19-20H,12-13,18H2,1-4H3. The maximum atomic E-state index is 14.5. The van der Waals surface area contributed by atoms with E-state index in [2.05, 4.69) is 4.98 Å². The summed E-state index contributed by atoms with van der Waals surface area (Å²) in [7, 11) is -1.24. The van der Waals surface area contributed by atoms with Gasteiger partial charge in [-0.1, -0.05) is 6.07 Å². The molecule has 12 nitrogen and oxygen atoms in total. The molecule has 0 aliphatic carbocycles. The second-order valence-corrected chi connectivity index (χ2v) is 12.5. The number of carbonyl (C=O) groups is 1. The summed E-state index contributed by atoms with van der Waals surface area (Å²) in [6.45, 7) is 5.22. The first-order valence-electron chi connectivity index (χ1n) is 13.8. The van der Waals surface area contributed by atoms with Crippen LogP contribution in [-0.2, 0) is 14.8 Å². The smallest absolute Gasteiger partial charge is 0.269 e. The molecule has 230 valence electrons. The van der Waals surface area contributed by atoms with Gasteiger partial charge in [0.2, 0.25) is 0 Å². The number of nitro benzene ring substituents is 1. The highest BCUT2D eigenvalue weighted by Gasteiger charge is 2.33. The SMILES string of the molecule is CC1CN(c2cnc3cc(C(=O)N(C)C)cc(C(C)N(c4cccc(F)c4)S(=O)(=O)c4ccc([N+](=O)[O-])cc4)c3n2)CCO1. The number of nitrogens with zero attached hydrogens (tertiary/aromatic N) is 6. The molecule has 14 heteroatoms. The van der Waals surface area contributed by atoms with Crippen LogP contribution in [0, 0.1) is 15.9 Å². The van der Waals surface area contributed by atoms with E-state index in [0.29, 0.717) is 42.1 Å². The van der Waals surface area contributed by atoms with Gasteiger partial charge in [0, 0.05) is 50.4 Å². The Morgan fingerprint density at radius 3 is 2.52 bits per heavy atom. The van der Waals surface area contributed by atoms with Crippen LogP contribution in [0.5, 0.6) is 0 Å². The van der Waals surface area contributed by atoms with Gasteiger partial charge in [0.05, 0.1) is 51.5 Å². The number of rotatable bonds is 8. The number of amides is 1. The fraction of sp³-hybridized carbons (Fsp3) is 0.300. The quantitative estimate of drug-likeness (QED) is 0.204. The Kier molecular flexibility index (Phi) is 8.48. The first kappa shape index (κ1) is 30.8. The Morgan fingerprint density at radius 1 is 1.16 bits per heavy atom. The summed E-state index contributed by atoms with van der Waals surface area (Å²) in [5.74, 6) is -0.435. The lowest BCUT2D eigenvalue weighted by molar-refractivity contribution is -0.384. The predicted molar refractivity (Wildman–Crippen MR) is 163 cm³/mol. The van der Waals surface area contributed by atoms with Gasteiger partial charge < -0.3 is 14.5 Å². The number of morpholine rings is 1. The van der Waals surface area contributed by atoms with Gasteiger partial charge in [0.15, 0.2) is 0 Å². The summed E-state index contributed by atoms with van der Waals surface area (Å²) in [5, 5.41) is 11.2. The maximum Gasteiger partial charge on any atom is 0.269 e. The van der Waals surface area contributed by atoms with Crippen molar-refractivity contribution < 1.29 is 27.3 Å². The largest absolute Gasteiger partial charge is 0.375 e. The van der Waals surface area contributed by atoms with Crippen LogP contribution in [0.25, 0.3) is 11.0 Å². The van der Waals surface area contributed by atoms with Crippen molar-refractivity contribution in [2.24, 2.45) is 0 Å². The van der Waals surface area contributed by atoms with Crippen LogP contribution in [0.3, 0.4) is 0 Å². The molecule has 4 aromatic rings. The Morgan fingerprint density at radius 2 is 1.89 bits per heavy atom. The molecule has 0 bridgehead atoms. The number of anilines is 2. The molecule has 0 saturated carbocycles. The molecule has 0 spiro atoms. The second kappa shape index (κ2) is 12.1. The van der Waals surface area contributed by atoms with Gasteiger partial charge in [-0.15, -0.1) is 0 Å². The van der Waals surface area contributed by atoms with Crippen molar-refractivity contribution in [3.63, 3.8) is 0 Å². The van der Waals surface area contributed by atoms with Crippen LogP contribution in [0.4, 0.5) is 21.6 Å². The molecule has 2 atom stereocenters. The molecule has 1 fully saturated rings. The Bertz CT molecular complexity index is 1840. The highest BCUT2D eigenvalue weighted by Crippen LogP contribution is 2.37. The molecule has 1 aliphatic heterocycles. The number of hydrogen-bond donors (Lipinski definition) is 0. The second-order valence-electron chi connectivity index (χ2n) is 10.7. The van der Waals surface area contributed by atoms with Crippen LogP contribution in [0.15, 0.2) is 71.8 Å². The van der Waals surface area contributed by atoms with Gasteiger partial charge in [-0.3, -0.25) is 24.2 Å². The molecule has 44 heavy (non-hydrogen) atoms. The average Bonchev–Trinajstić information content (AvgIpc) is 2.99. The highest BCUT2D eigenvalue weighted by molar-refractivity contribution is 7.92. The highest BCUT2D eigenvalue weighted by atomic mass is 32.2. The van der Waals surface area contributed by atoms with E-state index in [9.17, 15) is 27.7 Å². The number of aromatic nitrogens is 2. The summed E-state index contributed by atoms with van der Waals surface area (Å²) < 4.78 is 49.7. The van der Waals surface area contributed by atoms with Crippen molar-refractivity contribution in [3.8, 4) is 0 Å². The molecule has 1 aromatic heterocycles. The molecule has 0 radical (unpaired) electrons. The minimum Gasteiger partial charge on any atom is -0.375 e. The topological polar surface area (TPSA) is 139 Å². The number of sulfonamides is 1. The Hall–Kier alpha value is -4.69. The van der Waals surface area contributed by atoms with Crippen LogP contribution < -0.4 is 9.21 Å². The number of nitro groups is 1. The number of carbonyl (C=O) groups excluding carboxylic acids is 1. The van der Waals surface area contributed by atoms with Crippen LogP contribution in [-0.4, -0.2) is 74.0 Å². The van der Waals surface area contributed by atoms with Gasteiger partial charge in [-0.05, 0) is 56.3 Å². The van der Waals surface area contributed by atoms with Crippen molar-refractivity contribution in [2.75, 3.05) is 43.0 Å². The maximum absolute atomic E-state index is 14.5. The molecule has 1 saturated heterocycles. The summed E-state index contributed by atoms with van der Waals surface area (Å²) in [4.78, 5) is 36.4. The van der Waals surface area contributed by atoms with Gasteiger partial charge in [0.1, 0.15) is 11.6 Å². The van der Waals surface area contributed by atoms with Crippen molar-refractivity contribution in [1.82, 2.24) is 14.9 Å². The number of non-ortho nitro benzene ring substituents is 1. The predicted octanol–water partition coefficient (Wildman–Crippen LogP) is 4.56. The Balaban J connectivity index is 1.72. The zero-order chi connectivity index (χ0) is 31.8. The van der Waals surface area contributed by atoms with Crippen molar-refractivity contribution in [3.05, 3.63) is 93.9 Å². The molecular weight excluding hydrogens is 591 g/mol. The first-order chi connectivity index (χ1) is 20.9. The van der Waals surface area contributed by atoms with E-state index in [1.165, 1.54) is 23.1 Å². The first-order valence-corrected chi connectivity index (χ1v) is 15.2. The normalized spacial score (nSPS) is 16.0. The van der Waals surface area contributed by atoms with Gasteiger partial charge in [-0.2, -0.15) is 0 Å². The fourth-order valence-electron chi connectivity index (χ4n) is 5.17. The van der Waals surface area contributed by atoms with E-state index < -0.39 is 26.8 Å². The van der Waals surface area contributed by atoms with Crippen molar-refractivity contribution in [2.45, 2.75) is 30.9 Å². The third-order valence-electron chi connectivity index (χ3n) is 7.35. The number of ether oxygens (including phenoxy) is 1. The van der Waals surface area contributed by atoms with E-state index >= 15 is 0 Å². The summed E-state index contributed by atoms with van der Waals surface area (Å²) in [5.41, 5.74) is 1.09. The monoisotopic (exact) mass is 622 g/mol. The molecule has 1 amide bonds. The average molecular weight is 623 g/mol. The molecule has 3 aromatic carbocycles. The van der Waals surface area contributed by atoms with Gasteiger partial charge >= 0.3 is 0 Å². The van der Waals surface area contributed by atoms with Crippen molar-refractivity contribution in [1.29, 1.82) is 0 Å². The summed E-state index contributed by atoms with van der Waals surface area (Å²) in [6, 6.07) is 11.7. The van der Waals surface area contributed by atoms with Gasteiger partial charge in [-0.25, -0.2) is 17.8 Å². The van der Waals surface area contributed by atoms with Gasteiger partial charge in [0.25, 0.3) is 21.6 Å². The zero-order valence-corrected chi connectivity index (χ0v) is 25.4. The summed E-state index contributed by atoms with van der Waals surface area (Å²) >= 11 is 0. The number of fused-ring (bicyclic) bond motifs is 1. The molecule has 1 aliphatic rings.